The summed E-state index contributed by atoms with van der Waals surface area (Å²) in [5.74, 6) is -0.700. The number of piperazine rings is 1. The van der Waals surface area contributed by atoms with E-state index in [0.717, 1.165) is 38.2 Å². The Morgan fingerprint density at radius 3 is 2.50 bits per heavy atom. The lowest BCUT2D eigenvalue weighted by Crippen LogP contribution is -2.57. The average Bonchev–Trinajstić information content (AvgIpc) is 2.80. The number of carbonyl (C=O) groups is 1. The van der Waals surface area contributed by atoms with E-state index in [2.05, 4.69) is 16.3 Å². The molecule has 6 heteroatoms. The summed E-state index contributed by atoms with van der Waals surface area (Å²) in [7, 11) is 0. The first-order chi connectivity index (χ1) is 8.75. The van der Waals surface area contributed by atoms with Crippen LogP contribution in [0.5, 0.6) is 0 Å². The lowest BCUT2D eigenvalue weighted by Gasteiger charge is -2.41. The molecule has 2 N–H and O–H groups in total. The molecular weight excluding hydrogens is 388 g/mol. The number of fused-ring (bicyclic) bond motifs is 1. The van der Waals surface area contributed by atoms with Crippen molar-refractivity contribution in [3.8, 4) is 0 Å². The van der Waals surface area contributed by atoms with Gasteiger partial charge in [-0.15, -0.1) is 34.0 Å². The zero-order valence-electron chi connectivity index (χ0n) is 11.2. The van der Waals surface area contributed by atoms with Crippen molar-refractivity contribution in [2.45, 2.75) is 18.4 Å². The molecule has 112 valence electrons. The van der Waals surface area contributed by atoms with Crippen molar-refractivity contribution in [1.82, 2.24) is 10.2 Å². The summed E-state index contributed by atoms with van der Waals surface area (Å²) in [5, 5.41) is 13.1. The van der Waals surface area contributed by atoms with Gasteiger partial charge in [-0.25, -0.2) is 4.79 Å². The van der Waals surface area contributed by atoms with Gasteiger partial charge in [-0.05, 0) is 24.0 Å². The van der Waals surface area contributed by atoms with Crippen LogP contribution in [0.2, 0.25) is 0 Å². The SMILES string of the molecule is Br.Br.O=C(O)C1(N2CCNCC2)CCc2ccccc21. The van der Waals surface area contributed by atoms with Crippen LogP contribution in [0.1, 0.15) is 17.5 Å². The third kappa shape index (κ3) is 2.66. The number of nitrogens with zero attached hydrogens (tertiary/aromatic N) is 1. The molecule has 1 aromatic rings. The van der Waals surface area contributed by atoms with Crippen LogP contribution in [0.3, 0.4) is 0 Å². The standard InChI is InChI=1S/C14H18N2O2.2BrH/c17-13(18)14(16-9-7-15-8-10-16)6-5-11-3-1-2-4-12(11)14;;/h1-4,15H,5-10H2,(H,17,18);2*1H. The molecule has 1 atom stereocenters. The Balaban J connectivity index is 0.000001000. The quantitative estimate of drug-likeness (QED) is 0.786. The van der Waals surface area contributed by atoms with Crippen molar-refractivity contribution in [3.05, 3.63) is 35.4 Å². The molecule has 1 aliphatic heterocycles. The van der Waals surface area contributed by atoms with E-state index in [0.29, 0.717) is 6.42 Å². The van der Waals surface area contributed by atoms with Crippen LogP contribution < -0.4 is 5.32 Å². The highest BCUT2D eigenvalue weighted by atomic mass is 79.9. The number of nitrogens with one attached hydrogen (secondary N) is 1. The Hall–Kier alpha value is -0.430. The van der Waals surface area contributed by atoms with Gasteiger partial charge in [0.25, 0.3) is 0 Å². The van der Waals surface area contributed by atoms with Gasteiger partial charge in [0.2, 0.25) is 0 Å². The minimum absolute atomic E-state index is 0. The number of carboxylic acid groups (broad SMARTS) is 1. The second kappa shape index (κ2) is 7.02. The number of hydrogen-bond acceptors (Lipinski definition) is 3. The zero-order valence-corrected chi connectivity index (χ0v) is 14.6. The molecule has 2 aliphatic rings. The molecule has 3 rings (SSSR count). The topological polar surface area (TPSA) is 52.6 Å². The van der Waals surface area contributed by atoms with Crippen LogP contribution in [-0.4, -0.2) is 42.2 Å². The molecule has 1 saturated heterocycles. The predicted molar refractivity (Wildman–Crippen MR) is 89.2 cm³/mol. The summed E-state index contributed by atoms with van der Waals surface area (Å²) in [6.07, 6.45) is 1.56. The highest BCUT2D eigenvalue weighted by molar-refractivity contribution is 8.93. The molecule has 1 fully saturated rings. The molecule has 0 radical (unpaired) electrons. The Bertz CT molecular complexity index is 478. The van der Waals surface area contributed by atoms with Gasteiger partial charge < -0.3 is 10.4 Å². The molecule has 4 nitrogen and oxygen atoms in total. The maximum Gasteiger partial charge on any atom is 0.328 e. The molecule has 1 aliphatic carbocycles. The molecule has 0 saturated carbocycles. The first-order valence-corrected chi connectivity index (χ1v) is 6.53. The van der Waals surface area contributed by atoms with Crippen LogP contribution in [-0.2, 0) is 16.8 Å². The normalized spacial score (nSPS) is 25.2. The molecule has 1 unspecified atom stereocenters. The average molecular weight is 408 g/mol. The largest absolute Gasteiger partial charge is 0.480 e. The summed E-state index contributed by atoms with van der Waals surface area (Å²) in [5.41, 5.74) is 1.40. The van der Waals surface area contributed by atoms with Gasteiger partial charge in [-0.3, -0.25) is 4.90 Å². The minimum Gasteiger partial charge on any atom is -0.480 e. The lowest BCUT2D eigenvalue weighted by atomic mass is 9.89. The fourth-order valence-corrected chi connectivity index (χ4v) is 3.32. The fourth-order valence-electron chi connectivity index (χ4n) is 3.32. The molecule has 20 heavy (non-hydrogen) atoms. The third-order valence-corrected chi connectivity index (χ3v) is 4.23. The summed E-state index contributed by atoms with van der Waals surface area (Å²) in [6.45, 7) is 3.36. The van der Waals surface area contributed by atoms with Crippen molar-refractivity contribution < 1.29 is 9.90 Å². The van der Waals surface area contributed by atoms with E-state index < -0.39 is 11.5 Å². The van der Waals surface area contributed by atoms with Gasteiger partial charge in [0.15, 0.2) is 0 Å². The highest BCUT2D eigenvalue weighted by Crippen LogP contribution is 2.42. The second-order valence-electron chi connectivity index (χ2n) is 5.06. The zero-order chi connectivity index (χ0) is 12.6. The number of carboxylic acids is 1. The lowest BCUT2D eigenvalue weighted by molar-refractivity contribution is -0.153. The molecule has 1 aromatic carbocycles. The number of benzene rings is 1. The van der Waals surface area contributed by atoms with E-state index in [1.807, 2.05) is 18.2 Å². The van der Waals surface area contributed by atoms with Gasteiger partial charge in [-0.2, -0.15) is 0 Å². The second-order valence-corrected chi connectivity index (χ2v) is 5.06. The van der Waals surface area contributed by atoms with Crippen LogP contribution in [0, 0.1) is 0 Å². The van der Waals surface area contributed by atoms with Crippen LogP contribution >= 0.6 is 34.0 Å². The first kappa shape index (κ1) is 17.6. The summed E-state index contributed by atoms with van der Waals surface area (Å²) in [6, 6.07) is 7.99. The monoisotopic (exact) mass is 406 g/mol. The maximum absolute atomic E-state index is 11.9. The smallest absolute Gasteiger partial charge is 0.328 e. The molecule has 0 amide bonds. The van der Waals surface area contributed by atoms with Crippen molar-refractivity contribution in [2.24, 2.45) is 0 Å². The van der Waals surface area contributed by atoms with E-state index in [1.165, 1.54) is 5.56 Å². The minimum atomic E-state index is -0.793. The number of aliphatic carboxylic acids is 1. The maximum atomic E-state index is 11.9. The van der Waals surface area contributed by atoms with Gasteiger partial charge in [0.05, 0.1) is 0 Å². The van der Waals surface area contributed by atoms with Gasteiger partial charge in [0.1, 0.15) is 5.54 Å². The van der Waals surface area contributed by atoms with Crippen LogP contribution in [0.15, 0.2) is 24.3 Å². The fraction of sp³-hybridized carbons (Fsp3) is 0.500. The molecule has 0 bridgehead atoms. The Kier molecular flexibility index (Phi) is 6.19. The Morgan fingerprint density at radius 1 is 1.20 bits per heavy atom. The van der Waals surface area contributed by atoms with Gasteiger partial charge in [-0.1, -0.05) is 24.3 Å². The Labute approximate surface area is 140 Å². The molecule has 0 aromatic heterocycles. The van der Waals surface area contributed by atoms with Crippen LogP contribution in [0.25, 0.3) is 0 Å². The number of hydrogen-bond donors (Lipinski definition) is 2. The van der Waals surface area contributed by atoms with Crippen molar-refractivity contribution >= 4 is 39.9 Å². The number of aryl methyl sites for hydroxylation is 1. The van der Waals surface area contributed by atoms with E-state index in [9.17, 15) is 9.90 Å². The van der Waals surface area contributed by atoms with Crippen molar-refractivity contribution in [3.63, 3.8) is 0 Å². The summed E-state index contributed by atoms with van der Waals surface area (Å²) in [4.78, 5) is 14.1. The molecule has 1 heterocycles. The number of halogens is 2. The third-order valence-electron chi connectivity index (χ3n) is 4.23. The molecular formula is C14H20Br2N2O2. The molecule has 0 spiro atoms. The van der Waals surface area contributed by atoms with E-state index in [-0.39, 0.29) is 34.0 Å². The van der Waals surface area contributed by atoms with Gasteiger partial charge in [0, 0.05) is 26.2 Å². The van der Waals surface area contributed by atoms with Crippen molar-refractivity contribution in [2.75, 3.05) is 26.2 Å². The predicted octanol–water partition coefficient (Wildman–Crippen LogP) is 1.97. The van der Waals surface area contributed by atoms with Crippen LogP contribution in [0.4, 0.5) is 0 Å². The Morgan fingerprint density at radius 2 is 1.85 bits per heavy atom. The number of rotatable bonds is 2. The van der Waals surface area contributed by atoms with Gasteiger partial charge >= 0.3 is 5.97 Å². The highest BCUT2D eigenvalue weighted by Gasteiger charge is 2.50. The van der Waals surface area contributed by atoms with E-state index >= 15 is 0 Å². The first-order valence-electron chi connectivity index (χ1n) is 6.53. The summed E-state index contributed by atoms with van der Waals surface area (Å²) < 4.78 is 0. The van der Waals surface area contributed by atoms with E-state index in [1.54, 1.807) is 0 Å². The van der Waals surface area contributed by atoms with E-state index in [4.69, 9.17) is 0 Å². The van der Waals surface area contributed by atoms with Crippen molar-refractivity contribution in [1.29, 1.82) is 0 Å². The summed E-state index contributed by atoms with van der Waals surface area (Å²) >= 11 is 0.